The highest BCUT2D eigenvalue weighted by Gasteiger charge is 2.13. The zero-order valence-corrected chi connectivity index (χ0v) is 7.86. The van der Waals surface area contributed by atoms with Crippen molar-refractivity contribution in [3.63, 3.8) is 0 Å². The molecule has 0 saturated heterocycles. The average Bonchev–Trinajstić information content (AvgIpc) is 2.84. The van der Waals surface area contributed by atoms with Crippen LogP contribution in [0.1, 0.15) is 12.8 Å². The Kier molecular flexibility index (Phi) is 2.57. The van der Waals surface area contributed by atoms with Crippen LogP contribution in [-0.2, 0) is 4.79 Å². The lowest BCUT2D eigenvalue weighted by Gasteiger charge is -2.05. The predicted octanol–water partition coefficient (Wildman–Crippen LogP) is 2.47. The number of rotatable bonds is 3. The fraction of sp³-hybridized carbons (Fsp3) is 0.250. The Labute approximate surface area is 83.0 Å². The molecule has 2 heteroatoms. The average molecular weight is 185 g/mol. The van der Waals surface area contributed by atoms with Crippen molar-refractivity contribution in [1.29, 1.82) is 0 Å². The molecule has 2 aliphatic carbocycles. The van der Waals surface area contributed by atoms with E-state index in [-0.39, 0.29) is 0 Å². The maximum Gasteiger partial charge on any atom is 0.235 e. The fourth-order valence-electron chi connectivity index (χ4n) is 1.82. The molecule has 0 atom stereocenters. The summed E-state index contributed by atoms with van der Waals surface area (Å²) < 4.78 is 0. The van der Waals surface area contributed by atoms with E-state index >= 15 is 0 Å². The van der Waals surface area contributed by atoms with Gasteiger partial charge in [0, 0.05) is 0 Å². The Bertz CT molecular complexity index is 404. The largest absolute Gasteiger partial charge is 0.235 e. The molecule has 0 spiro atoms. The summed E-state index contributed by atoms with van der Waals surface area (Å²) in [5.41, 5.74) is 3.84. The molecule has 0 saturated carbocycles. The maximum absolute atomic E-state index is 10.0. The summed E-state index contributed by atoms with van der Waals surface area (Å²) in [5.74, 6) is 0. The first-order valence-corrected chi connectivity index (χ1v) is 4.70. The van der Waals surface area contributed by atoms with E-state index in [1.54, 1.807) is 6.08 Å². The van der Waals surface area contributed by atoms with Crippen LogP contribution in [0.5, 0.6) is 0 Å². The summed E-state index contributed by atoms with van der Waals surface area (Å²) in [6.45, 7) is 0.465. The molecule has 0 fully saturated rings. The Morgan fingerprint density at radius 2 is 2.29 bits per heavy atom. The summed E-state index contributed by atoms with van der Waals surface area (Å²) in [4.78, 5) is 13.6. The lowest BCUT2D eigenvalue weighted by Crippen LogP contribution is -1.91. The minimum atomic E-state index is 0.465. The number of allylic oxidation sites excluding steroid dienone is 6. The first-order chi connectivity index (χ1) is 6.92. The summed E-state index contributed by atoms with van der Waals surface area (Å²) in [6, 6.07) is 0. The maximum atomic E-state index is 10.0. The van der Waals surface area contributed by atoms with Crippen molar-refractivity contribution in [2.75, 3.05) is 6.54 Å². The van der Waals surface area contributed by atoms with Crippen LogP contribution in [0.25, 0.3) is 0 Å². The van der Waals surface area contributed by atoms with Gasteiger partial charge in [0.15, 0.2) is 0 Å². The van der Waals surface area contributed by atoms with E-state index in [4.69, 9.17) is 0 Å². The molecule has 0 aromatic rings. The molecule has 0 N–H and O–H groups in total. The molecule has 2 nitrogen and oxygen atoms in total. The van der Waals surface area contributed by atoms with E-state index in [0.29, 0.717) is 6.54 Å². The monoisotopic (exact) mass is 185 g/mol. The van der Waals surface area contributed by atoms with Crippen molar-refractivity contribution in [3.05, 3.63) is 47.1 Å². The molecule has 0 aliphatic heterocycles. The van der Waals surface area contributed by atoms with Gasteiger partial charge in [-0.15, -0.1) is 0 Å². The standard InChI is InChI=1S/C12H11NO/c14-9-13-8-11-6-3-7-12(11)10-4-1-2-5-10/h1-4,6H,5,7-8H2. The molecule has 0 radical (unpaired) electrons. The van der Waals surface area contributed by atoms with Crippen molar-refractivity contribution in [3.8, 4) is 0 Å². The second-order valence-corrected chi connectivity index (χ2v) is 3.34. The molecule has 0 bridgehead atoms. The highest BCUT2D eigenvalue weighted by molar-refractivity contribution is 5.50. The minimum absolute atomic E-state index is 0.465. The zero-order chi connectivity index (χ0) is 9.80. The third kappa shape index (κ3) is 1.66. The minimum Gasteiger partial charge on any atom is -0.211 e. The Hall–Kier alpha value is -1.66. The highest BCUT2D eigenvalue weighted by Crippen LogP contribution is 2.30. The number of hydrogen-bond acceptors (Lipinski definition) is 2. The molecule has 14 heavy (non-hydrogen) atoms. The van der Waals surface area contributed by atoms with Crippen molar-refractivity contribution >= 4 is 6.08 Å². The van der Waals surface area contributed by atoms with Crippen LogP contribution < -0.4 is 0 Å². The molecular weight excluding hydrogens is 174 g/mol. The summed E-state index contributed by atoms with van der Waals surface area (Å²) in [6.07, 6.45) is 14.1. The van der Waals surface area contributed by atoms with Gasteiger partial charge in [0.05, 0.1) is 6.54 Å². The first-order valence-electron chi connectivity index (χ1n) is 4.70. The topological polar surface area (TPSA) is 29.4 Å². The summed E-state index contributed by atoms with van der Waals surface area (Å²) in [5, 5.41) is 0. The number of isocyanates is 1. The predicted molar refractivity (Wildman–Crippen MR) is 55.6 cm³/mol. The Morgan fingerprint density at radius 3 is 3.00 bits per heavy atom. The lowest BCUT2D eigenvalue weighted by molar-refractivity contribution is 0.563. The smallest absolute Gasteiger partial charge is 0.211 e. The second-order valence-electron chi connectivity index (χ2n) is 3.34. The first kappa shape index (κ1) is 8.92. The van der Waals surface area contributed by atoms with Crippen LogP contribution in [-0.4, -0.2) is 12.6 Å². The van der Waals surface area contributed by atoms with Gasteiger partial charge in [0.2, 0.25) is 6.08 Å². The van der Waals surface area contributed by atoms with Crippen molar-refractivity contribution < 1.29 is 4.79 Å². The van der Waals surface area contributed by atoms with E-state index in [2.05, 4.69) is 35.4 Å². The van der Waals surface area contributed by atoms with E-state index in [1.165, 1.54) is 11.1 Å². The molecule has 0 unspecified atom stereocenters. The SMILES string of the molecule is O=C=NCC1=C(C2=CC=CC2)CC=C1. The van der Waals surface area contributed by atoms with Crippen LogP contribution in [0, 0.1) is 0 Å². The number of aliphatic imine (C=N–C) groups is 1. The molecule has 2 aliphatic rings. The van der Waals surface area contributed by atoms with Gasteiger partial charge in [-0.1, -0.05) is 30.4 Å². The van der Waals surface area contributed by atoms with Gasteiger partial charge in [-0.2, -0.15) is 0 Å². The van der Waals surface area contributed by atoms with Crippen molar-refractivity contribution in [2.24, 2.45) is 4.99 Å². The van der Waals surface area contributed by atoms with Crippen LogP contribution in [0.4, 0.5) is 0 Å². The molecule has 0 heterocycles. The van der Waals surface area contributed by atoms with Gasteiger partial charge >= 0.3 is 0 Å². The molecule has 70 valence electrons. The van der Waals surface area contributed by atoms with E-state index in [0.717, 1.165) is 18.4 Å². The van der Waals surface area contributed by atoms with Crippen LogP contribution in [0.2, 0.25) is 0 Å². The molecule has 0 aromatic heterocycles. The van der Waals surface area contributed by atoms with Gasteiger partial charge in [-0.3, -0.25) is 0 Å². The van der Waals surface area contributed by atoms with Crippen LogP contribution in [0.3, 0.4) is 0 Å². The fourth-order valence-corrected chi connectivity index (χ4v) is 1.82. The molecule has 0 aromatic carbocycles. The van der Waals surface area contributed by atoms with E-state index < -0.39 is 0 Å². The van der Waals surface area contributed by atoms with Gasteiger partial charge in [0.1, 0.15) is 0 Å². The normalized spacial score (nSPS) is 18.7. The van der Waals surface area contributed by atoms with Crippen molar-refractivity contribution in [2.45, 2.75) is 12.8 Å². The van der Waals surface area contributed by atoms with Gasteiger partial charge in [-0.25, -0.2) is 9.79 Å². The van der Waals surface area contributed by atoms with Gasteiger partial charge in [0.25, 0.3) is 0 Å². The van der Waals surface area contributed by atoms with Gasteiger partial charge < -0.3 is 0 Å². The molecule has 0 amide bonds. The number of nitrogens with zero attached hydrogens (tertiary/aromatic N) is 1. The van der Waals surface area contributed by atoms with E-state index in [9.17, 15) is 4.79 Å². The lowest BCUT2D eigenvalue weighted by atomic mass is 10.0. The quantitative estimate of drug-likeness (QED) is 0.490. The number of hydrogen-bond donors (Lipinski definition) is 0. The van der Waals surface area contributed by atoms with Crippen LogP contribution >= 0.6 is 0 Å². The van der Waals surface area contributed by atoms with Gasteiger partial charge in [-0.05, 0) is 29.6 Å². The van der Waals surface area contributed by atoms with E-state index in [1.807, 2.05) is 0 Å². The Balaban J connectivity index is 2.20. The number of carbonyl (C=O) groups excluding carboxylic acids is 1. The summed E-state index contributed by atoms with van der Waals surface area (Å²) >= 11 is 0. The van der Waals surface area contributed by atoms with Crippen molar-refractivity contribution in [1.82, 2.24) is 0 Å². The molecular formula is C12H11NO. The summed E-state index contributed by atoms with van der Waals surface area (Å²) in [7, 11) is 0. The zero-order valence-electron chi connectivity index (χ0n) is 7.86. The highest BCUT2D eigenvalue weighted by atomic mass is 16.1. The third-order valence-corrected chi connectivity index (χ3v) is 2.50. The third-order valence-electron chi connectivity index (χ3n) is 2.50. The van der Waals surface area contributed by atoms with Crippen LogP contribution in [0.15, 0.2) is 52.1 Å². The Morgan fingerprint density at radius 1 is 1.36 bits per heavy atom. The second kappa shape index (κ2) is 4.03. The molecule has 2 rings (SSSR count).